The van der Waals surface area contributed by atoms with E-state index in [9.17, 15) is 22.4 Å². The first-order chi connectivity index (χ1) is 14.7. The first kappa shape index (κ1) is 22.7. The van der Waals surface area contributed by atoms with Gasteiger partial charge in [0.15, 0.2) is 6.10 Å². The fourth-order valence-corrected chi connectivity index (χ4v) is 4.14. The van der Waals surface area contributed by atoms with Crippen LogP contribution >= 0.6 is 0 Å². The largest absolute Gasteiger partial charge is 0.449 e. The molecule has 0 aromatic heterocycles. The van der Waals surface area contributed by atoms with E-state index in [1.807, 2.05) is 0 Å². The minimum Gasteiger partial charge on any atom is -0.449 e. The molecule has 1 aliphatic rings. The minimum absolute atomic E-state index is 0.00182. The highest BCUT2D eigenvalue weighted by Gasteiger charge is 2.27. The summed E-state index contributed by atoms with van der Waals surface area (Å²) < 4.78 is 51.8. The Balaban J connectivity index is 1.77. The average molecular weight is 450 g/mol. The predicted octanol–water partition coefficient (Wildman–Crippen LogP) is 2.34. The van der Waals surface area contributed by atoms with Gasteiger partial charge in [0.2, 0.25) is 0 Å². The number of ether oxygens (including phenoxy) is 2. The van der Waals surface area contributed by atoms with Crippen molar-refractivity contribution in [3.8, 4) is 0 Å². The van der Waals surface area contributed by atoms with Gasteiger partial charge in [-0.15, -0.1) is 0 Å². The van der Waals surface area contributed by atoms with Crippen LogP contribution in [0.15, 0.2) is 47.4 Å². The lowest BCUT2D eigenvalue weighted by molar-refractivity contribution is -0.143. The third-order valence-electron chi connectivity index (χ3n) is 4.81. The lowest BCUT2D eigenvalue weighted by Crippen LogP contribution is -2.46. The number of para-hydroxylation sites is 1. The number of sulfonamides is 1. The second-order valence-corrected chi connectivity index (χ2v) is 8.73. The number of benzene rings is 2. The second kappa shape index (κ2) is 9.44. The Labute approximate surface area is 180 Å². The van der Waals surface area contributed by atoms with Gasteiger partial charge in [0, 0.05) is 13.1 Å². The van der Waals surface area contributed by atoms with Crippen molar-refractivity contribution < 1.29 is 31.9 Å². The van der Waals surface area contributed by atoms with Crippen LogP contribution in [-0.4, -0.2) is 57.6 Å². The van der Waals surface area contributed by atoms with Crippen molar-refractivity contribution in [3.05, 3.63) is 59.4 Å². The number of morpholine rings is 1. The van der Waals surface area contributed by atoms with Crippen LogP contribution in [0.5, 0.6) is 0 Å². The number of esters is 1. The van der Waals surface area contributed by atoms with Gasteiger partial charge >= 0.3 is 5.97 Å². The summed E-state index contributed by atoms with van der Waals surface area (Å²) in [4.78, 5) is 26.4. The van der Waals surface area contributed by atoms with Gasteiger partial charge in [-0.3, -0.25) is 9.52 Å². The number of carbonyl (C=O) groups is 2. The van der Waals surface area contributed by atoms with Crippen LogP contribution in [0.3, 0.4) is 0 Å². The van der Waals surface area contributed by atoms with Crippen LogP contribution < -0.4 is 4.72 Å². The normalized spacial score (nSPS) is 15.3. The van der Waals surface area contributed by atoms with Crippen molar-refractivity contribution in [2.75, 3.05) is 31.0 Å². The molecule has 8 nitrogen and oxygen atoms in total. The molecule has 166 valence electrons. The lowest BCUT2D eigenvalue weighted by atomic mass is 10.1. The molecule has 0 bridgehead atoms. The number of anilines is 1. The fourth-order valence-electron chi connectivity index (χ4n) is 3.05. The molecule has 2 aromatic rings. The van der Waals surface area contributed by atoms with E-state index in [1.54, 1.807) is 11.8 Å². The van der Waals surface area contributed by atoms with E-state index in [1.165, 1.54) is 37.3 Å². The van der Waals surface area contributed by atoms with E-state index in [2.05, 4.69) is 4.72 Å². The van der Waals surface area contributed by atoms with Crippen LogP contribution in [0.1, 0.15) is 22.8 Å². The summed E-state index contributed by atoms with van der Waals surface area (Å²) in [6.07, 6.45) is -1.04. The number of carbonyl (C=O) groups excluding carboxylic acids is 2. The molecule has 1 atom stereocenters. The second-order valence-electron chi connectivity index (χ2n) is 7.05. The van der Waals surface area contributed by atoms with Gasteiger partial charge in [-0.2, -0.15) is 0 Å². The van der Waals surface area contributed by atoms with Gasteiger partial charge in [0.25, 0.3) is 15.9 Å². The molecule has 0 radical (unpaired) electrons. The topological polar surface area (TPSA) is 102 Å². The number of amides is 1. The predicted molar refractivity (Wildman–Crippen MR) is 111 cm³/mol. The van der Waals surface area contributed by atoms with Gasteiger partial charge in [-0.25, -0.2) is 17.6 Å². The smallest absolute Gasteiger partial charge is 0.339 e. The number of aryl methyl sites for hydroxylation is 1. The molecule has 1 heterocycles. The summed E-state index contributed by atoms with van der Waals surface area (Å²) in [5, 5.41) is 0. The molecular weight excluding hydrogens is 427 g/mol. The molecule has 0 saturated carbocycles. The highest BCUT2D eigenvalue weighted by molar-refractivity contribution is 7.92. The number of nitrogens with one attached hydrogen (secondary N) is 1. The van der Waals surface area contributed by atoms with E-state index in [-0.39, 0.29) is 22.1 Å². The zero-order valence-corrected chi connectivity index (χ0v) is 17.9. The number of rotatable bonds is 6. The molecule has 1 N–H and O–H groups in total. The van der Waals surface area contributed by atoms with E-state index in [4.69, 9.17) is 9.47 Å². The van der Waals surface area contributed by atoms with E-state index >= 15 is 0 Å². The minimum atomic E-state index is -4.16. The third kappa shape index (κ3) is 5.39. The van der Waals surface area contributed by atoms with Gasteiger partial charge in [-0.1, -0.05) is 18.2 Å². The van der Waals surface area contributed by atoms with Gasteiger partial charge in [0.1, 0.15) is 5.82 Å². The monoisotopic (exact) mass is 450 g/mol. The third-order valence-corrected chi connectivity index (χ3v) is 6.17. The highest BCUT2D eigenvalue weighted by Crippen LogP contribution is 2.22. The molecule has 1 amide bonds. The standard InChI is InChI=1S/C21H23FN2O6S/c1-14-7-8-16(31(27,28)23-19-6-4-3-5-18(19)22)13-17(14)21(26)30-15(2)20(25)24-9-11-29-12-10-24/h3-8,13,15,23H,9-12H2,1-2H3/t15-/m1/s1. The molecule has 1 fully saturated rings. The van der Waals surface area contributed by atoms with Crippen LogP contribution in [0.25, 0.3) is 0 Å². The average Bonchev–Trinajstić information content (AvgIpc) is 2.75. The molecular formula is C21H23FN2O6S. The number of hydrogen-bond donors (Lipinski definition) is 1. The Kier molecular flexibility index (Phi) is 6.91. The molecule has 3 rings (SSSR count). The molecule has 1 saturated heterocycles. The first-order valence-electron chi connectivity index (χ1n) is 9.64. The Morgan fingerprint density at radius 2 is 1.84 bits per heavy atom. The van der Waals surface area contributed by atoms with Crippen molar-refractivity contribution in [3.63, 3.8) is 0 Å². The summed E-state index contributed by atoms with van der Waals surface area (Å²) in [5.41, 5.74) is 0.260. The van der Waals surface area contributed by atoms with E-state index in [0.29, 0.717) is 31.9 Å². The Hall–Kier alpha value is -2.98. The number of halogens is 1. The van der Waals surface area contributed by atoms with Crippen molar-refractivity contribution in [2.24, 2.45) is 0 Å². The first-order valence-corrected chi connectivity index (χ1v) is 11.1. The van der Waals surface area contributed by atoms with E-state index < -0.39 is 27.9 Å². The summed E-state index contributed by atoms with van der Waals surface area (Å²) in [5.74, 6) is -1.90. The molecule has 10 heteroatoms. The summed E-state index contributed by atoms with van der Waals surface area (Å²) in [7, 11) is -4.16. The van der Waals surface area contributed by atoms with Crippen molar-refractivity contribution in [1.29, 1.82) is 0 Å². The van der Waals surface area contributed by atoms with E-state index in [0.717, 1.165) is 12.1 Å². The molecule has 0 unspecified atom stereocenters. The molecule has 0 spiro atoms. The zero-order chi connectivity index (χ0) is 22.6. The van der Waals surface area contributed by atoms with Crippen LogP contribution in [0.4, 0.5) is 10.1 Å². The quantitative estimate of drug-likeness (QED) is 0.678. The summed E-state index contributed by atoms with van der Waals surface area (Å²) in [6.45, 7) is 4.74. The summed E-state index contributed by atoms with van der Waals surface area (Å²) in [6, 6.07) is 9.24. The Morgan fingerprint density at radius 3 is 2.52 bits per heavy atom. The maximum atomic E-state index is 13.8. The molecule has 2 aromatic carbocycles. The highest BCUT2D eigenvalue weighted by atomic mass is 32.2. The molecule has 1 aliphatic heterocycles. The summed E-state index contributed by atoms with van der Waals surface area (Å²) >= 11 is 0. The van der Waals surface area contributed by atoms with Gasteiger partial charge in [-0.05, 0) is 43.7 Å². The van der Waals surface area contributed by atoms with Crippen molar-refractivity contribution in [2.45, 2.75) is 24.8 Å². The molecule has 0 aliphatic carbocycles. The van der Waals surface area contributed by atoms with Crippen molar-refractivity contribution in [1.82, 2.24) is 4.90 Å². The van der Waals surface area contributed by atoms with Crippen LogP contribution in [0.2, 0.25) is 0 Å². The number of nitrogens with zero attached hydrogens (tertiary/aromatic N) is 1. The maximum absolute atomic E-state index is 13.8. The Bertz CT molecular complexity index is 1080. The molecule has 31 heavy (non-hydrogen) atoms. The van der Waals surface area contributed by atoms with Crippen LogP contribution in [0, 0.1) is 12.7 Å². The Morgan fingerprint density at radius 1 is 1.16 bits per heavy atom. The SMILES string of the molecule is Cc1ccc(S(=O)(=O)Nc2ccccc2F)cc1C(=O)O[C@H](C)C(=O)N1CCOCC1. The number of hydrogen-bond acceptors (Lipinski definition) is 6. The zero-order valence-electron chi connectivity index (χ0n) is 17.1. The van der Waals surface area contributed by atoms with Gasteiger partial charge in [0.05, 0.1) is 29.4 Å². The maximum Gasteiger partial charge on any atom is 0.339 e. The lowest BCUT2D eigenvalue weighted by Gasteiger charge is -2.29. The van der Waals surface area contributed by atoms with Crippen LogP contribution in [-0.2, 0) is 24.3 Å². The fraction of sp³-hybridized carbons (Fsp3) is 0.333. The van der Waals surface area contributed by atoms with Gasteiger partial charge < -0.3 is 14.4 Å². The van der Waals surface area contributed by atoms with Crippen molar-refractivity contribution >= 4 is 27.6 Å².